The van der Waals surface area contributed by atoms with Crippen LogP contribution in [0.2, 0.25) is 0 Å². The van der Waals surface area contributed by atoms with Crippen molar-refractivity contribution < 1.29 is 14.7 Å². The Labute approximate surface area is 98.2 Å². The first kappa shape index (κ1) is 12.5. The first-order chi connectivity index (χ1) is 7.63. The molecule has 0 aliphatic heterocycles. The third kappa shape index (κ3) is 3.90. The van der Waals surface area contributed by atoms with Crippen LogP contribution in [0.1, 0.15) is 15.9 Å². The number of alkyl halides is 1. The Kier molecular flexibility index (Phi) is 4.79. The molecule has 0 saturated carbocycles. The van der Waals surface area contributed by atoms with Crippen LogP contribution in [0.15, 0.2) is 24.3 Å². The number of carbonyl (C=O) groups excluding carboxylic acids is 1. The van der Waals surface area contributed by atoms with Crippen molar-refractivity contribution in [3.8, 4) is 0 Å². The molecular weight excluding hydrogens is 230 g/mol. The summed E-state index contributed by atoms with van der Waals surface area (Å²) < 4.78 is 0. The van der Waals surface area contributed by atoms with E-state index in [4.69, 9.17) is 16.7 Å². The van der Waals surface area contributed by atoms with Gasteiger partial charge in [-0.2, -0.15) is 0 Å². The van der Waals surface area contributed by atoms with E-state index in [2.05, 4.69) is 5.32 Å². The smallest absolute Gasteiger partial charge is 0.335 e. The average Bonchev–Trinajstić information content (AvgIpc) is 2.29. The number of halogens is 1. The zero-order chi connectivity index (χ0) is 12.0. The van der Waals surface area contributed by atoms with Crippen molar-refractivity contribution in [2.24, 2.45) is 0 Å². The van der Waals surface area contributed by atoms with Gasteiger partial charge < -0.3 is 10.4 Å². The van der Waals surface area contributed by atoms with E-state index in [1.807, 2.05) is 0 Å². The van der Waals surface area contributed by atoms with Crippen LogP contribution in [0.4, 0.5) is 0 Å². The quantitative estimate of drug-likeness (QED) is 0.764. The van der Waals surface area contributed by atoms with E-state index in [0.717, 1.165) is 5.56 Å². The maximum Gasteiger partial charge on any atom is 0.335 e. The summed E-state index contributed by atoms with van der Waals surface area (Å²) in [6, 6.07) is 6.55. The fourth-order valence-corrected chi connectivity index (χ4v) is 1.30. The summed E-state index contributed by atoms with van der Waals surface area (Å²) in [5, 5.41) is 11.3. The molecule has 0 bridgehead atoms. The van der Waals surface area contributed by atoms with Gasteiger partial charge in [-0.3, -0.25) is 4.79 Å². The molecule has 0 saturated heterocycles. The summed E-state index contributed by atoms with van der Waals surface area (Å²) in [4.78, 5) is 21.4. The predicted molar refractivity (Wildman–Crippen MR) is 60.8 cm³/mol. The lowest BCUT2D eigenvalue weighted by molar-refractivity contribution is -0.118. The van der Waals surface area contributed by atoms with Gasteiger partial charge in [0.1, 0.15) is 5.88 Å². The minimum Gasteiger partial charge on any atom is -0.478 e. The Morgan fingerprint density at radius 2 is 1.88 bits per heavy atom. The molecule has 2 N–H and O–H groups in total. The van der Waals surface area contributed by atoms with Crippen molar-refractivity contribution in [1.82, 2.24) is 5.32 Å². The van der Waals surface area contributed by atoms with Crippen molar-refractivity contribution >= 4 is 23.5 Å². The Balaban J connectivity index is 2.43. The number of benzene rings is 1. The lowest BCUT2D eigenvalue weighted by atomic mass is 10.1. The number of amides is 1. The molecule has 16 heavy (non-hydrogen) atoms. The summed E-state index contributed by atoms with van der Waals surface area (Å²) in [6.45, 7) is 0.498. The summed E-state index contributed by atoms with van der Waals surface area (Å²) >= 11 is 5.31. The number of hydrogen-bond acceptors (Lipinski definition) is 2. The summed E-state index contributed by atoms with van der Waals surface area (Å²) in [6.07, 6.45) is 0.655. The van der Waals surface area contributed by atoms with Gasteiger partial charge in [0.15, 0.2) is 0 Å². The number of rotatable bonds is 5. The number of aromatic carboxylic acids is 1. The molecule has 0 atom stereocenters. The third-order valence-electron chi connectivity index (χ3n) is 2.06. The number of carboxylic acids is 1. The van der Waals surface area contributed by atoms with Gasteiger partial charge in [-0.15, -0.1) is 11.6 Å². The number of carboxylic acid groups (broad SMARTS) is 1. The van der Waals surface area contributed by atoms with Gasteiger partial charge in [0.2, 0.25) is 5.91 Å². The van der Waals surface area contributed by atoms with Crippen LogP contribution in [0, 0.1) is 0 Å². The molecule has 86 valence electrons. The van der Waals surface area contributed by atoms with Gasteiger partial charge in [0, 0.05) is 6.54 Å². The summed E-state index contributed by atoms with van der Waals surface area (Å²) in [5.41, 5.74) is 1.23. The highest BCUT2D eigenvalue weighted by molar-refractivity contribution is 6.27. The molecule has 1 aromatic carbocycles. The molecule has 1 amide bonds. The standard InChI is InChI=1S/C11H12ClNO3/c12-7-10(14)13-6-5-8-1-3-9(4-2-8)11(15)16/h1-4H,5-7H2,(H,13,14)(H,15,16). The second-order valence-electron chi connectivity index (χ2n) is 3.24. The van der Waals surface area contributed by atoms with E-state index >= 15 is 0 Å². The summed E-state index contributed by atoms with van der Waals surface area (Å²) in [7, 11) is 0. The van der Waals surface area contributed by atoms with Crippen LogP contribution in [0.25, 0.3) is 0 Å². The van der Waals surface area contributed by atoms with Crippen LogP contribution in [0.5, 0.6) is 0 Å². The van der Waals surface area contributed by atoms with E-state index < -0.39 is 5.97 Å². The van der Waals surface area contributed by atoms with E-state index in [0.29, 0.717) is 13.0 Å². The molecule has 5 heteroatoms. The number of carbonyl (C=O) groups is 2. The molecule has 0 spiro atoms. The van der Waals surface area contributed by atoms with E-state index in [9.17, 15) is 9.59 Å². The van der Waals surface area contributed by atoms with Crippen molar-refractivity contribution in [1.29, 1.82) is 0 Å². The molecule has 1 rings (SSSR count). The minimum atomic E-state index is -0.943. The van der Waals surface area contributed by atoms with Crippen LogP contribution in [-0.4, -0.2) is 29.4 Å². The fraction of sp³-hybridized carbons (Fsp3) is 0.273. The van der Waals surface area contributed by atoms with Crippen LogP contribution in [0.3, 0.4) is 0 Å². The highest BCUT2D eigenvalue weighted by Gasteiger charge is 2.02. The van der Waals surface area contributed by atoms with Gasteiger partial charge in [-0.1, -0.05) is 12.1 Å². The SMILES string of the molecule is O=C(CCl)NCCc1ccc(C(=O)O)cc1. The second-order valence-corrected chi connectivity index (χ2v) is 3.50. The molecule has 0 fully saturated rings. The van der Waals surface area contributed by atoms with Gasteiger partial charge in [-0.25, -0.2) is 4.79 Å². The van der Waals surface area contributed by atoms with E-state index in [1.165, 1.54) is 0 Å². The molecule has 0 aromatic heterocycles. The van der Waals surface area contributed by atoms with Crippen LogP contribution >= 0.6 is 11.6 Å². The maximum absolute atomic E-state index is 10.8. The Bertz CT molecular complexity index is 375. The van der Waals surface area contributed by atoms with Gasteiger partial charge in [0.25, 0.3) is 0 Å². The topological polar surface area (TPSA) is 66.4 Å². The lowest BCUT2D eigenvalue weighted by Crippen LogP contribution is -2.26. The minimum absolute atomic E-state index is 0.0437. The molecule has 0 heterocycles. The average molecular weight is 242 g/mol. The normalized spacial score (nSPS) is 9.81. The number of nitrogens with one attached hydrogen (secondary N) is 1. The van der Waals surface area contributed by atoms with Gasteiger partial charge >= 0.3 is 5.97 Å². The predicted octanol–water partition coefficient (Wildman–Crippen LogP) is 1.28. The van der Waals surface area contributed by atoms with Crippen LogP contribution in [-0.2, 0) is 11.2 Å². The number of hydrogen-bond donors (Lipinski definition) is 2. The monoisotopic (exact) mass is 241 g/mol. The molecule has 0 aliphatic rings. The van der Waals surface area contributed by atoms with Crippen molar-refractivity contribution in [2.75, 3.05) is 12.4 Å². The van der Waals surface area contributed by atoms with Gasteiger partial charge in [-0.05, 0) is 24.1 Å². The molecule has 1 aromatic rings. The molecule has 0 unspecified atom stereocenters. The highest BCUT2D eigenvalue weighted by Crippen LogP contribution is 2.04. The molecule has 0 radical (unpaired) electrons. The largest absolute Gasteiger partial charge is 0.478 e. The Hall–Kier alpha value is -1.55. The van der Waals surface area contributed by atoms with E-state index in [-0.39, 0.29) is 17.4 Å². The molecule has 4 nitrogen and oxygen atoms in total. The van der Waals surface area contributed by atoms with Crippen molar-refractivity contribution in [3.63, 3.8) is 0 Å². The Morgan fingerprint density at radius 3 is 2.38 bits per heavy atom. The third-order valence-corrected chi connectivity index (χ3v) is 2.30. The zero-order valence-corrected chi connectivity index (χ0v) is 9.33. The fourth-order valence-electron chi connectivity index (χ4n) is 1.21. The molecule has 0 aliphatic carbocycles. The van der Waals surface area contributed by atoms with Crippen molar-refractivity contribution in [3.05, 3.63) is 35.4 Å². The maximum atomic E-state index is 10.8. The van der Waals surface area contributed by atoms with Crippen LogP contribution < -0.4 is 5.32 Å². The summed E-state index contributed by atoms with van der Waals surface area (Å²) in [5.74, 6) is -1.19. The van der Waals surface area contributed by atoms with Crippen molar-refractivity contribution in [2.45, 2.75) is 6.42 Å². The lowest BCUT2D eigenvalue weighted by Gasteiger charge is -2.03. The Morgan fingerprint density at radius 1 is 1.25 bits per heavy atom. The highest BCUT2D eigenvalue weighted by atomic mass is 35.5. The zero-order valence-electron chi connectivity index (χ0n) is 8.57. The molecular formula is C11H12ClNO3. The second kappa shape index (κ2) is 6.12. The van der Waals surface area contributed by atoms with E-state index in [1.54, 1.807) is 24.3 Å². The first-order valence-electron chi connectivity index (χ1n) is 4.78. The van der Waals surface area contributed by atoms with Gasteiger partial charge in [0.05, 0.1) is 5.56 Å². The first-order valence-corrected chi connectivity index (χ1v) is 5.32.